The maximum Gasteiger partial charge on any atom is 0.243 e. The molecule has 1 aliphatic heterocycles. The highest BCUT2D eigenvalue weighted by molar-refractivity contribution is 7.92. The lowest BCUT2D eigenvalue weighted by Gasteiger charge is -2.28. The first kappa shape index (κ1) is 18.2. The third-order valence-corrected chi connectivity index (χ3v) is 6.66. The maximum atomic E-state index is 12.8. The lowest BCUT2D eigenvalue weighted by Crippen LogP contribution is -2.36. The molecule has 0 aromatic heterocycles. The van der Waals surface area contributed by atoms with Gasteiger partial charge in [-0.25, -0.2) is 16.8 Å². The summed E-state index contributed by atoms with van der Waals surface area (Å²) in [5.41, 5.74) is 2.23. The second-order valence-corrected chi connectivity index (χ2v) is 10.0. The average molecular weight is 401 g/mol. The van der Waals surface area contributed by atoms with Gasteiger partial charge in [0.1, 0.15) is 0 Å². The highest BCUT2D eigenvalue weighted by Gasteiger charge is 2.28. The van der Waals surface area contributed by atoms with E-state index in [4.69, 9.17) is 11.6 Å². The predicted molar refractivity (Wildman–Crippen MR) is 97.7 cm³/mol. The lowest BCUT2D eigenvalue weighted by atomic mass is 10.0. The van der Waals surface area contributed by atoms with Gasteiger partial charge >= 0.3 is 0 Å². The van der Waals surface area contributed by atoms with Crippen LogP contribution in [0, 0.1) is 0 Å². The average Bonchev–Trinajstić information content (AvgIpc) is 2.53. The Kier molecular flexibility index (Phi) is 4.80. The van der Waals surface area contributed by atoms with Crippen LogP contribution in [0.25, 0.3) is 0 Å². The van der Waals surface area contributed by atoms with Crippen LogP contribution in [-0.2, 0) is 33.0 Å². The Labute approximate surface area is 152 Å². The molecule has 0 radical (unpaired) electrons. The number of anilines is 1. The Balaban J connectivity index is 1.89. The van der Waals surface area contributed by atoms with Crippen LogP contribution in [0.15, 0.2) is 47.4 Å². The molecule has 0 fully saturated rings. The topological polar surface area (TPSA) is 83.6 Å². The number of sulfonamides is 2. The van der Waals surface area contributed by atoms with Crippen molar-refractivity contribution >= 4 is 37.3 Å². The van der Waals surface area contributed by atoms with Crippen molar-refractivity contribution in [2.24, 2.45) is 0 Å². The van der Waals surface area contributed by atoms with Crippen molar-refractivity contribution in [3.05, 3.63) is 58.6 Å². The molecule has 1 aliphatic rings. The number of nitrogens with one attached hydrogen (secondary N) is 1. The fraction of sp³-hybridized carbons (Fsp3) is 0.250. The van der Waals surface area contributed by atoms with Crippen LogP contribution in [0.3, 0.4) is 0 Å². The fourth-order valence-electron chi connectivity index (χ4n) is 2.77. The minimum Gasteiger partial charge on any atom is -0.284 e. The molecule has 1 heterocycles. The SMILES string of the molecule is CS(=O)(=O)Nc1ccc2c(c1)CN(S(=O)(=O)c1ccc(Cl)cc1)CC2. The van der Waals surface area contributed by atoms with Crippen molar-refractivity contribution in [3.8, 4) is 0 Å². The van der Waals surface area contributed by atoms with E-state index in [9.17, 15) is 16.8 Å². The van der Waals surface area contributed by atoms with Crippen LogP contribution in [0.2, 0.25) is 5.02 Å². The zero-order chi connectivity index (χ0) is 18.2. The van der Waals surface area contributed by atoms with Crippen molar-refractivity contribution in [2.75, 3.05) is 17.5 Å². The fourth-order valence-corrected chi connectivity index (χ4v) is 4.87. The molecule has 0 bridgehead atoms. The molecule has 25 heavy (non-hydrogen) atoms. The number of fused-ring (bicyclic) bond motifs is 1. The van der Waals surface area contributed by atoms with Gasteiger partial charge in [0, 0.05) is 23.8 Å². The molecule has 3 rings (SSSR count). The summed E-state index contributed by atoms with van der Waals surface area (Å²) in [7, 11) is -7.02. The Hall–Kier alpha value is -1.61. The van der Waals surface area contributed by atoms with E-state index in [1.165, 1.54) is 16.4 Å². The van der Waals surface area contributed by atoms with Gasteiger partial charge in [0.2, 0.25) is 20.0 Å². The van der Waals surface area contributed by atoms with Crippen LogP contribution in [0.5, 0.6) is 0 Å². The summed E-state index contributed by atoms with van der Waals surface area (Å²) < 4.78 is 52.1. The molecule has 0 saturated carbocycles. The van der Waals surface area contributed by atoms with E-state index in [-0.39, 0.29) is 11.4 Å². The molecule has 0 aliphatic carbocycles. The summed E-state index contributed by atoms with van der Waals surface area (Å²) in [4.78, 5) is 0.186. The first-order valence-electron chi connectivity index (χ1n) is 7.50. The number of nitrogens with zero attached hydrogens (tertiary/aromatic N) is 1. The van der Waals surface area contributed by atoms with Gasteiger partial charge in [-0.15, -0.1) is 0 Å². The van der Waals surface area contributed by atoms with E-state index in [2.05, 4.69) is 4.72 Å². The number of benzene rings is 2. The Morgan fingerprint density at radius 3 is 2.32 bits per heavy atom. The van der Waals surface area contributed by atoms with E-state index in [0.717, 1.165) is 17.4 Å². The summed E-state index contributed by atoms with van der Waals surface area (Å²) in [5, 5.41) is 0.472. The molecule has 0 atom stereocenters. The first-order valence-corrected chi connectivity index (χ1v) is 11.2. The van der Waals surface area contributed by atoms with Crippen molar-refractivity contribution in [3.63, 3.8) is 0 Å². The van der Waals surface area contributed by atoms with E-state index in [0.29, 0.717) is 23.7 Å². The molecule has 2 aromatic rings. The zero-order valence-corrected chi connectivity index (χ0v) is 15.8. The molecule has 9 heteroatoms. The molecule has 0 spiro atoms. The Morgan fingerprint density at radius 2 is 1.68 bits per heavy atom. The van der Waals surface area contributed by atoms with E-state index >= 15 is 0 Å². The quantitative estimate of drug-likeness (QED) is 0.854. The number of hydrogen-bond acceptors (Lipinski definition) is 4. The van der Waals surface area contributed by atoms with Gasteiger partial charge < -0.3 is 0 Å². The van der Waals surface area contributed by atoms with Crippen LogP contribution < -0.4 is 4.72 Å². The third kappa shape index (κ3) is 4.14. The molecule has 0 amide bonds. The third-order valence-electron chi connectivity index (χ3n) is 3.94. The van der Waals surface area contributed by atoms with E-state index < -0.39 is 20.0 Å². The van der Waals surface area contributed by atoms with Crippen LogP contribution in [0.4, 0.5) is 5.69 Å². The Morgan fingerprint density at radius 1 is 1.00 bits per heavy atom. The van der Waals surface area contributed by atoms with E-state index in [1.807, 2.05) is 6.07 Å². The zero-order valence-electron chi connectivity index (χ0n) is 13.4. The summed E-state index contributed by atoms with van der Waals surface area (Å²) >= 11 is 5.82. The standard InChI is InChI=1S/C16H17ClN2O4S2/c1-24(20,21)18-15-5-2-12-8-9-19(11-13(12)10-15)25(22,23)16-6-3-14(17)4-7-16/h2-7,10,18H,8-9,11H2,1H3. The molecule has 0 saturated heterocycles. The van der Waals surface area contributed by atoms with E-state index in [1.54, 1.807) is 24.3 Å². The van der Waals surface area contributed by atoms with Gasteiger partial charge in [-0.2, -0.15) is 4.31 Å². The highest BCUT2D eigenvalue weighted by Crippen LogP contribution is 2.27. The summed E-state index contributed by atoms with van der Waals surface area (Å²) in [6.45, 7) is 0.566. The van der Waals surface area contributed by atoms with Gasteiger partial charge in [0.25, 0.3) is 0 Å². The molecule has 0 unspecified atom stereocenters. The summed E-state index contributed by atoms with van der Waals surface area (Å²) in [6.07, 6.45) is 1.64. The smallest absolute Gasteiger partial charge is 0.243 e. The largest absolute Gasteiger partial charge is 0.284 e. The predicted octanol–water partition coefficient (Wildman–Crippen LogP) is 2.46. The molecular formula is C16H17ClN2O4S2. The van der Waals surface area contributed by atoms with Crippen molar-refractivity contribution in [1.29, 1.82) is 0 Å². The van der Waals surface area contributed by atoms with Crippen LogP contribution >= 0.6 is 11.6 Å². The van der Waals surface area contributed by atoms with Gasteiger partial charge in [-0.1, -0.05) is 17.7 Å². The van der Waals surface area contributed by atoms with Crippen molar-refractivity contribution in [1.82, 2.24) is 4.31 Å². The number of halogens is 1. The maximum absolute atomic E-state index is 12.8. The highest BCUT2D eigenvalue weighted by atomic mass is 35.5. The molecule has 1 N–H and O–H groups in total. The first-order chi connectivity index (χ1) is 11.6. The van der Waals surface area contributed by atoms with Gasteiger partial charge in [0.15, 0.2) is 0 Å². The molecule has 6 nitrogen and oxygen atoms in total. The molecule has 134 valence electrons. The van der Waals surface area contributed by atoms with Crippen LogP contribution in [0.1, 0.15) is 11.1 Å². The number of hydrogen-bond donors (Lipinski definition) is 1. The van der Waals surface area contributed by atoms with Crippen molar-refractivity contribution in [2.45, 2.75) is 17.9 Å². The van der Waals surface area contributed by atoms with Gasteiger partial charge in [0.05, 0.1) is 11.2 Å². The Bertz CT molecular complexity index is 1000. The summed E-state index contributed by atoms with van der Waals surface area (Å²) in [6, 6.07) is 11.2. The minimum absolute atomic E-state index is 0.186. The summed E-state index contributed by atoms with van der Waals surface area (Å²) in [5.74, 6) is 0. The van der Waals surface area contributed by atoms with Crippen LogP contribution in [-0.4, -0.2) is 33.9 Å². The second-order valence-electron chi connectivity index (χ2n) is 5.90. The van der Waals surface area contributed by atoms with Gasteiger partial charge in [-0.3, -0.25) is 4.72 Å². The van der Waals surface area contributed by atoms with Crippen molar-refractivity contribution < 1.29 is 16.8 Å². The minimum atomic E-state index is -3.63. The molecular weight excluding hydrogens is 384 g/mol. The molecule has 2 aromatic carbocycles. The number of rotatable bonds is 4. The normalized spacial score (nSPS) is 15.6. The second kappa shape index (κ2) is 6.60. The monoisotopic (exact) mass is 400 g/mol. The van der Waals surface area contributed by atoms with Gasteiger partial charge in [-0.05, 0) is 53.9 Å². The lowest BCUT2D eigenvalue weighted by molar-refractivity contribution is 0.391.